The van der Waals surface area contributed by atoms with Gasteiger partial charge in [0.15, 0.2) is 0 Å². The monoisotopic (exact) mass is 377 g/mol. The maximum absolute atomic E-state index is 6.05. The highest BCUT2D eigenvalue weighted by Crippen LogP contribution is 2.34. The van der Waals surface area contributed by atoms with Crippen molar-refractivity contribution in [2.24, 2.45) is 5.92 Å². The summed E-state index contributed by atoms with van der Waals surface area (Å²) in [5.41, 5.74) is 3.67. The van der Waals surface area contributed by atoms with Crippen LogP contribution in [0.2, 0.25) is 0 Å². The van der Waals surface area contributed by atoms with Crippen LogP contribution >= 0.6 is 0 Å². The van der Waals surface area contributed by atoms with E-state index in [4.69, 9.17) is 9.15 Å². The molecule has 2 aromatic carbocycles. The third-order valence-electron chi connectivity index (χ3n) is 5.51. The van der Waals surface area contributed by atoms with E-state index in [9.17, 15) is 0 Å². The van der Waals surface area contributed by atoms with Gasteiger partial charge in [0.05, 0.1) is 12.5 Å². The predicted octanol–water partition coefficient (Wildman–Crippen LogP) is 4.16. The lowest BCUT2D eigenvalue weighted by atomic mass is 9.97. The van der Waals surface area contributed by atoms with Gasteiger partial charge in [-0.25, -0.2) is 0 Å². The van der Waals surface area contributed by atoms with Crippen molar-refractivity contribution in [1.82, 2.24) is 15.1 Å². The van der Waals surface area contributed by atoms with E-state index in [1.54, 1.807) is 7.11 Å². The molecule has 0 N–H and O–H groups in total. The van der Waals surface area contributed by atoms with Crippen LogP contribution in [0.1, 0.15) is 29.9 Å². The predicted molar refractivity (Wildman–Crippen MR) is 109 cm³/mol. The number of hydrogen-bond acceptors (Lipinski definition) is 5. The van der Waals surface area contributed by atoms with Crippen LogP contribution in [-0.2, 0) is 17.7 Å². The average Bonchev–Trinajstić information content (AvgIpc) is 3.37. The van der Waals surface area contributed by atoms with Gasteiger partial charge in [0.1, 0.15) is 0 Å². The Bertz CT molecular complexity index is 876. The van der Waals surface area contributed by atoms with Crippen molar-refractivity contribution in [3.63, 3.8) is 0 Å². The Morgan fingerprint density at radius 3 is 2.46 bits per heavy atom. The Labute approximate surface area is 166 Å². The number of nitrogens with zero attached hydrogens (tertiary/aromatic N) is 3. The molecule has 1 aliphatic heterocycles. The second-order valence-electron chi connectivity index (χ2n) is 7.50. The number of aromatic nitrogens is 2. The molecule has 28 heavy (non-hydrogen) atoms. The number of ether oxygens (including phenoxy) is 1. The fraction of sp³-hybridized carbons (Fsp3) is 0.391. The lowest BCUT2D eigenvalue weighted by Crippen LogP contribution is -2.21. The van der Waals surface area contributed by atoms with E-state index in [1.165, 1.54) is 11.1 Å². The third kappa shape index (κ3) is 4.16. The number of likely N-dealkylation sites (tertiary alicyclic amines) is 1. The van der Waals surface area contributed by atoms with Crippen LogP contribution in [-0.4, -0.2) is 41.9 Å². The zero-order valence-corrected chi connectivity index (χ0v) is 16.5. The van der Waals surface area contributed by atoms with Gasteiger partial charge in [-0.1, -0.05) is 49.4 Å². The lowest BCUT2D eigenvalue weighted by molar-refractivity contribution is 0.144. The maximum Gasteiger partial charge on any atom is 0.247 e. The summed E-state index contributed by atoms with van der Waals surface area (Å²) in [4.78, 5) is 2.46. The molecule has 2 unspecified atom stereocenters. The number of benzene rings is 2. The molecule has 1 saturated heterocycles. The van der Waals surface area contributed by atoms with Crippen molar-refractivity contribution in [2.75, 3.05) is 26.8 Å². The molecule has 4 rings (SSSR count). The summed E-state index contributed by atoms with van der Waals surface area (Å²) in [5, 5.41) is 8.65. The van der Waals surface area contributed by atoms with Crippen molar-refractivity contribution in [3.8, 4) is 11.5 Å². The van der Waals surface area contributed by atoms with Gasteiger partial charge in [0.25, 0.3) is 0 Å². The highest BCUT2D eigenvalue weighted by Gasteiger charge is 2.37. The van der Waals surface area contributed by atoms with Crippen molar-refractivity contribution < 1.29 is 9.15 Å². The number of rotatable bonds is 7. The second-order valence-corrected chi connectivity index (χ2v) is 7.50. The molecule has 1 aromatic heterocycles. The van der Waals surface area contributed by atoms with Gasteiger partial charge < -0.3 is 9.15 Å². The minimum atomic E-state index is 0.194. The highest BCUT2D eigenvalue weighted by atomic mass is 16.5. The van der Waals surface area contributed by atoms with Gasteiger partial charge in [-0.05, 0) is 29.7 Å². The first-order chi connectivity index (χ1) is 13.8. The van der Waals surface area contributed by atoms with Crippen LogP contribution in [0.15, 0.2) is 59.0 Å². The maximum atomic E-state index is 6.05. The summed E-state index contributed by atoms with van der Waals surface area (Å²) in [6.45, 7) is 5.68. The summed E-state index contributed by atoms with van der Waals surface area (Å²) in [6, 6.07) is 18.8. The largest absolute Gasteiger partial charge is 0.420 e. The quantitative estimate of drug-likeness (QED) is 0.619. The van der Waals surface area contributed by atoms with Gasteiger partial charge in [-0.2, -0.15) is 0 Å². The minimum Gasteiger partial charge on any atom is -0.420 e. The molecule has 2 atom stereocenters. The van der Waals surface area contributed by atoms with Gasteiger partial charge in [0, 0.05) is 38.2 Å². The lowest BCUT2D eigenvalue weighted by Gasteiger charge is -2.15. The summed E-state index contributed by atoms with van der Waals surface area (Å²) in [6.07, 6.45) is 1.07. The van der Waals surface area contributed by atoms with Crippen LogP contribution in [0.25, 0.3) is 11.5 Å². The normalized spacial score (nSPS) is 19.9. The number of methoxy groups -OCH3 is 1. The Hall–Kier alpha value is -2.50. The van der Waals surface area contributed by atoms with Gasteiger partial charge >= 0.3 is 0 Å². The Balaban J connectivity index is 1.49. The molecule has 146 valence electrons. The topological polar surface area (TPSA) is 51.4 Å². The second kappa shape index (κ2) is 8.67. The Kier molecular flexibility index (Phi) is 5.84. The van der Waals surface area contributed by atoms with E-state index >= 15 is 0 Å². The molecule has 0 aliphatic carbocycles. The molecule has 0 amide bonds. The van der Waals surface area contributed by atoms with Crippen molar-refractivity contribution in [1.29, 1.82) is 0 Å². The van der Waals surface area contributed by atoms with Crippen LogP contribution in [0.5, 0.6) is 0 Å². The minimum absolute atomic E-state index is 0.194. The van der Waals surface area contributed by atoms with Gasteiger partial charge in [0.2, 0.25) is 11.8 Å². The molecule has 1 fully saturated rings. The zero-order chi connectivity index (χ0) is 19.3. The first-order valence-corrected chi connectivity index (χ1v) is 9.94. The first-order valence-electron chi connectivity index (χ1n) is 9.94. The van der Waals surface area contributed by atoms with Gasteiger partial charge in [-0.15, -0.1) is 10.2 Å². The fourth-order valence-electron chi connectivity index (χ4n) is 3.97. The van der Waals surface area contributed by atoms with E-state index in [1.807, 2.05) is 30.3 Å². The van der Waals surface area contributed by atoms with Crippen LogP contribution in [0.4, 0.5) is 0 Å². The molecule has 5 heteroatoms. The summed E-state index contributed by atoms with van der Waals surface area (Å²) < 4.78 is 11.5. The van der Waals surface area contributed by atoms with Crippen molar-refractivity contribution in [2.45, 2.75) is 25.8 Å². The number of hydrogen-bond donors (Lipinski definition) is 0. The Morgan fingerprint density at radius 1 is 1.00 bits per heavy atom. The van der Waals surface area contributed by atoms with Crippen LogP contribution in [0, 0.1) is 5.92 Å². The summed E-state index contributed by atoms with van der Waals surface area (Å²) in [7, 11) is 1.76. The molecule has 3 aromatic rings. The van der Waals surface area contributed by atoms with Crippen molar-refractivity contribution >= 4 is 0 Å². The van der Waals surface area contributed by atoms with E-state index in [2.05, 4.69) is 46.3 Å². The molecule has 0 spiro atoms. The summed E-state index contributed by atoms with van der Waals surface area (Å²) >= 11 is 0. The van der Waals surface area contributed by atoms with E-state index < -0.39 is 0 Å². The molecule has 0 bridgehead atoms. The smallest absolute Gasteiger partial charge is 0.247 e. The van der Waals surface area contributed by atoms with Crippen molar-refractivity contribution in [3.05, 3.63) is 71.6 Å². The van der Waals surface area contributed by atoms with E-state index in [0.717, 1.165) is 31.6 Å². The van der Waals surface area contributed by atoms with Crippen LogP contribution < -0.4 is 0 Å². The van der Waals surface area contributed by atoms with Gasteiger partial charge in [-0.3, -0.25) is 4.90 Å². The Morgan fingerprint density at radius 2 is 1.75 bits per heavy atom. The molecule has 1 aliphatic rings. The SMILES string of the molecule is CCc1ccc(CN2CC(COC)C(c3nnc(-c4ccccc4)o3)C2)cc1. The molecule has 2 heterocycles. The number of aryl methyl sites for hydroxylation is 1. The van der Waals surface area contributed by atoms with Crippen LogP contribution in [0.3, 0.4) is 0 Å². The molecular weight excluding hydrogens is 350 g/mol. The highest BCUT2D eigenvalue weighted by molar-refractivity contribution is 5.51. The first kappa shape index (κ1) is 18.8. The zero-order valence-electron chi connectivity index (χ0n) is 16.5. The average molecular weight is 377 g/mol. The molecular formula is C23H27N3O2. The molecule has 0 radical (unpaired) electrons. The van der Waals surface area contributed by atoms with E-state index in [0.29, 0.717) is 24.3 Å². The summed E-state index contributed by atoms with van der Waals surface area (Å²) in [5.74, 6) is 1.84. The standard InChI is InChI=1S/C23H27N3O2/c1-3-17-9-11-18(12-10-17)13-26-14-20(16-27-2)21(15-26)23-25-24-22(28-23)19-7-5-4-6-8-19/h4-12,20-21H,3,13-16H2,1-2H3. The fourth-order valence-corrected chi connectivity index (χ4v) is 3.97. The third-order valence-corrected chi connectivity index (χ3v) is 5.51. The van der Waals surface area contributed by atoms with E-state index in [-0.39, 0.29) is 5.92 Å². The molecule has 5 nitrogen and oxygen atoms in total. The molecule has 0 saturated carbocycles.